The van der Waals surface area contributed by atoms with Crippen LogP contribution in [0.15, 0.2) is 41.6 Å². The van der Waals surface area contributed by atoms with Gasteiger partial charge in [0.1, 0.15) is 10.7 Å². The van der Waals surface area contributed by atoms with E-state index in [1.807, 2.05) is 0 Å². The van der Waals surface area contributed by atoms with E-state index in [0.29, 0.717) is 41.6 Å². The van der Waals surface area contributed by atoms with Crippen LogP contribution in [0.25, 0.3) is 11.5 Å². The Morgan fingerprint density at radius 3 is 3.09 bits per heavy atom. The van der Waals surface area contributed by atoms with Crippen LogP contribution in [-0.2, 0) is 0 Å². The van der Waals surface area contributed by atoms with Crippen LogP contribution in [0.3, 0.4) is 0 Å². The number of hydrogen-bond acceptors (Lipinski definition) is 7. The standard InChI is InChI=1S/C20H19ClN8O3/c1-12-14(9-23-29(12)19-25-17(30)15-3-2-7-28(15)26-19)18(31)27-8-5-13(10-27)11-32-20-22-6-4-16(21)24-20/h2-4,6-7,9,13H,5,8,10-11H2,1H3,(H,25,26,30)/t13-/m1/s1. The molecule has 0 saturated carbocycles. The Kier molecular flexibility index (Phi) is 5.10. The van der Waals surface area contributed by atoms with Crippen LogP contribution in [0.1, 0.15) is 22.5 Å². The fourth-order valence-electron chi connectivity index (χ4n) is 3.77. The summed E-state index contributed by atoms with van der Waals surface area (Å²) in [4.78, 5) is 37.9. The number of carbonyl (C=O) groups excluding carboxylic acids is 1. The van der Waals surface area contributed by atoms with Gasteiger partial charge in [0.05, 0.1) is 24.1 Å². The van der Waals surface area contributed by atoms with Crippen molar-refractivity contribution in [2.75, 3.05) is 19.7 Å². The maximum atomic E-state index is 13.1. The molecule has 5 heterocycles. The predicted octanol–water partition coefficient (Wildman–Crippen LogP) is 1.50. The van der Waals surface area contributed by atoms with Gasteiger partial charge >= 0.3 is 6.01 Å². The second-order valence-electron chi connectivity index (χ2n) is 7.55. The summed E-state index contributed by atoms with van der Waals surface area (Å²) in [6.45, 7) is 3.32. The van der Waals surface area contributed by atoms with Gasteiger partial charge in [-0.25, -0.2) is 14.2 Å². The molecule has 4 aromatic heterocycles. The third-order valence-corrected chi connectivity index (χ3v) is 5.66. The number of ether oxygens (including phenoxy) is 1. The lowest BCUT2D eigenvalue weighted by Gasteiger charge is -2.16. The van der Waals surface area contributed by atoms with Gasteiger partial charge in [-0.3, -0.25) is 14.6 Å². The van der Waals surface area contributed by atoms with Crippen molar-refractivity contribution in [1.29, 1.82) is 0 Å². The Hall–Kier alpha value is -3.73. The summed E-state index contributed by atoms with van der Waals surface area (Å²) in [6, 6.07) is 5.21. The van der Waals surface area contributed by atoms with E-state index in [9.17, 15) is 9.59 Å². The predicted molar refractivity (Wildman–Crippen MR) is 114 cm³/mol. The monoisotopic (exact) mass is 454 g/mol. The van der Waals surface area contributed by atoms with Gasteiger partial charge < -0.3 is 9.64 Å². The normalized spacial score (nSPS) is 16.1. The van der Waals surface area contributed by atoms with Crippen molar-refractivity contribution in [3.63, 3.8) is 0 Å². The highest BCUT2D eigenvalue weighted by molar-refractivity contribution is 6.29. The van der Waals surface area contributed by atoms with Crippen LogP contribution in [0.2, 0.25) is 5.15 Å². The molecule has 1 aliphatic heterocycles. The van der Waals surface area contributed by atoms with Gasteiger partial charge in [-0.05, 0) is 31.5 Å². The number of H-pyrrole nitrogens is 1. The molecule has 11 nitrogen and oxygen atoms in total. The van der Waals surface area contributed by atoms with E-state index in [2.05, 4.69) is 25.1 Å². The molecule has 164 valence electrons. The first kappa shape index (κ1) is 20.2. The highest BCUT2D eigenvalue weighted by atomic mass is 35.5. The highest BCUT2D eigenvalue weighted by Crippen LogP contribution is 2.21. The van der Waals surface area contributed by atoms with Crippen molar-refractivity contribution in [1.82, 2.24) is 39.2 Å². The van der Waals surface area contributed by atoms with E-state index >= 15 is 0 Å². The molecule has 1 atom stereocenters. The van der Waals surface area contributed by atoms with Crippen LogP contribution < -0.4 is 10.3 Å². The summed E-state index contributed by atoms with van der Waals surface area (Å²) in [5.74, 6) is 0.273. The Balaban J connectivity index is 1.29. The molecule has 12 heteroatoms. The number of amides is 1. The van der Waals surface area contributed by atoms with Crippen molar-refractivity contribution in [3.8, 4) is 12.0 Å². The molecule has 5 rings (SSSR count). The molecule has 0 aliphatic carbocycles. The zero-order chi connectivity index (χ0) is 22.2. The van der Waals surface area contributed by atoms with Crippen LogP contribution in [-0.4, -0.2) is 64.8 Å². The third-order valence-electron chi connectivity index (χ3n) is 5.45. The zero-order valence-corrected chi connectivity index (χ0v) is 17.9. The number of fused-ring (bicyclic) bond motifs is 1. The van der Waals surface area contributed by atoms with E-state index in [4.69, 9.17) is 16.3 Å². The quantitative estimate of drug-likeness (QED) is 0.453. The summed E-state index contributed by atoms with van der Waals surface area (Å²) >= 11 is 5.85. The number of nitrogens with one attached hydrogen (secondary N) is 1. The molecule has 0 unspecified atom stereocenters. The second-order valence-corrected chi connectivity index (χ2v) is 7.94. The summed E-state index contributed by atoms with van der Waals surface area (Å²) in [5.41, 5.74) is 1.20. The number of rotatable bonds is 5. The smallest absolute Gasteiger partial charge is 0.317 e. The first-order valence-electron chi connectivity index (χ1n) is 10.0. The van der Waals surface area contributed by atoms with Crippen LogP contribution in [0.4, 0.5) is 0 Å². The lowest BCUT2D eigenvalue weighted by Crippen LogP contribution is -2.30. The van der Waals surface area contributed by atoms with Crippen molar-refractivity contribution in [3.05, 3.63) is 63.6 Å². The molecule has 1 aliphatic rings. The fourth-order valence-corrected chi connectivity index (χ4v) is 3.89. The number of aromatic amines is 1. The number of aromatic nitrogens is 7. The number of carbonyl (C=O) groups is 1. The SMILES string of the molecule is Cc1c(C(=O)N2CC[C@@H](COc3nccc(Cl)n3)C2)cnn1-c1nn2cccc2c(=O)[nH]1. The molecule has 32 heavy (non-hydrogen) atoms. The number of likely N-dealkylation sites (tertiary alicyclic amines) is 1. The molecule has 1 N–H and O–H groups in total. The van der Waals surface area contributed by atoms with Crippen molar-refractivity contribution < 1.29 is 9.53 Å². The molecule has 0 bridgehead atoms. The van der Waals surface area contributed by atoms with Crippen molar-refractivity contribution in [2.24, 2.45) is 5.92 Å². The zero-order valence-electron chi connectivity index (χ0n) is 17.1. The third kappa shape index (κ3) is 3.71. The van der Waals surface area contributed by atoms with Crippen LogP contribution in [0, 0.1) is 12.8 Å². The van der Waals surface area contributed by atoms with Crippen LogP contribution in [0.5, 0.6) is 6.01 Å². The number of halogens is 1. The molecular weight excluding hydrogens is 436 g/mol. The molecule has 1 fully saturated rings. The maximum Gasteiger partial charge on any atom is 0.317 e. The van der Waals surface area contributed by atoms with E-state index in [1.54, 1.807) is 36.2 Å². The largest absolute Gasteiger partial charge is 0.463 e. The van der Waals surface area contributed by atoms with E-state index in [-0.39, 0.29) is 29.3 Å². The molecule has 0 spiro atoms. The van der Waals surface area contributed by atoms with Gasteiger partial charge in [0.25, 0.3) is 11.5 Å². The van der Waals surface area contributed by atoms with Crippen molar-refractivity contribution in [2.45, 2.75) is 13.3 Å². The lowest BCUT2D eigenvalue weighted by atomic mass is 10.1. The minimum Gasteiger partial charge on any atom is -0.463 e. The molecule has 1 saturated heterocycles. The Morgan fingerprint density at radius 1 is 1.38 bits per heavy atom. The summed E-state index contributed by atoms with van der Waals surface area (Å²) < 4.78 is 8.56. The summed E-state index contributed by atoms with van der Waals surface area (Å²) in [6.07, 6.45) is 5.52. The molecule has 0 aromatic carbocycles. The van der Waals surface area contributed by atoms with Gasteiger partial charge in [-0.15, -0.1) is 5.10 Å². The molecule has 1 amide bonds. The second kappa shape index (κ2) is 8.08. The van der Waals surface area contributed by atoms with Gasteiger partial charge in [-0.2, -0.15) is 10.1 Å². The first-order chi connectivity index (χ1) is 15.5. The lowest BCUT2D eigenvalue weighted by molar-refractivity contribution is 0.0782. The minimum atomic E-state index is -0.283. The minimum absolute atomic E-state index is 0.125. The van der Waals surface area contributed by atoms with Crippen LogP contribution >= 0.6 is 11.6 Å². The van der Waals surface area contributed by atoms with E-state index in [1.165, 1.54) is 21.6 Å². The maximum absolute atomic E-state index is 13.1. The summed E-state index contributed by atoms with van der Waals surface area (Å²) in [5, 5.41) is 8.97. The van der Waals surface area contributed by atoms with Gasteiger partial charge in [0.2, 0.25) is 5.95 Å². The fraction of sp³-hybridized carbons (Fsp3) is 0.300. The van der Waals surface area contributed by atoms with E-state index in [0.717, 1.165) is 6.42 Å². The average Bonchev–Trinajstić information content (AvgIpc) is 3.51. The van der Waals surface area contributed by atoms with Gasteiger partial charge in [-0.1, -0.05) is 11.6 Å². The Morgan fingerprint density at radius 2 is 2.25 bits per heavy atom. The molecule has 0 radical (unpaired) electrons. The molecule has 4 aromatic rings. The van der Waals surface area contributed by atoms with Crippen molar-refractivity contribution >= 4 is 23.0 Å². The van der Waals surface area contributed by atoms with E-state index < -0.39 is 0 Å². The highest BCUT2D eigenvalue weighted by Gasteiger charge is 2.30. The number of hydrogen-bond donors (Lipinski definition) is 1. The van der Waals surface area contributed by atoms with Gasteiger partial charge in [0.15, 0.2) is 0 Å². The molecular formula is C20H19ClN8O3. The summed E-state index contributed by atoms with van der Waals surface area (Å²) in [7, 11) is 0. The first-order valence-corrected chi connectivity index (χ1v) is 10.4. The topological polar surface area (TPSA) is 123 Å². The average molecular weight is 455 g/mol. The van der Waals surface area contributed by atoms with Gasteiger partial charge in [0, 0.05) is 31.4 Å². The number of nitrogens with zero attached hydrogens (tertiary/aromatic N) is 7. The Labute approximate surface area is 186 Å². The Bertz CT molecular complexity index is 1360.